The van der Waals surface area contributed by atoms with Gasteiger partial charge >= 0.3 is 5.97 Å². The van der Waals surface area contributed by atoms with Gasteiger partial charge in [-0.25, -0.2) is 4.79 Å². The number of methoxy groups -OCH3 is 1. The van der Waals surface area contributed by atoms with E-state index in [2.05, 4.69) is 17.3 Å². The van der Waals surface area contributed by atoms with Gasteiger partial charge in [-0.1, -0.05) is 12.2 Å². The molecule has 4 atom stereocenters. The molecule has 1 aromatic heterocycles. The zero-order valence-corrected chi connectivity index (χ0v) is 17.6. The lowest BCUT2D eigenvalue weighted by Gasteiger charge is -2.13. The fraction of sp³-hybridized carbons (Fsp3) is 0.333. The highest BCUT2D eigenvalue weighted by molar-refractivity contribution is 6.06. The third-order valence-electron chi connectivity index (χ3n) is 6.78. The summed E-state index contributed by atoms with van der Waals surface area (Å²) in [6.07, 6.45) is 6.64. The molecule has 1 saturated carbocycles. The normalized spacial score (nSPS) is 26.4. The third-order valence-corrected chi connectivity index (χ3v) is 6.78. The monoisotopic (exact) mass is 417 g/mol. The number of allylic oxidation sites excluding steroid dienone is 2. The summed E-state index contributed by atoms with van der Waals surface area (Å²) in [6.45, 7) is 3.92. The number of carbonyl (C=O) groups excluding carboxylic acids is 3. The molecule has 2 amide bonds. The predicted octanol–water partition coefficient (Wildman–Crippen LogP) is 3.02. The van der Waals surface area contributed by atoms with Gasteiger partial charge < -0.3 is 9.30 Å². The van der Waals surface area contributed by atoms with E-state index in [1.54, 1.807) is 18.3 Å². The Hall–Kier alpha value is -3.48. The number of hydrogen-bond donors (Lipinski definition) is 0. The number of hydrazone groups is 1. The number of carbonyl (C=O) groups is 3. The summed E-state index contributed by atoms with van der Waals surface area (Å²) in [5.74, 6) is -0.908. The number of benzene rings is 1. The Morgan fingerprint density at radius 3 is 2.26 bits per heavy atom. The summed E-state index contributed by atoms with van der Waals surface area (Å²) in [5, 5.41) is 5.37. The Balaban J connectivity index is 1.40. The standard InChI is InChI=1S/C24H23N3O4/c1-13-10-18(14(2)26(13)19-8-6-15(7-9-19)24(30)31-3)12-25-27-22(28)20-16-4-5-17(11-16)21(20)23(27)29/h4-10,12,16-17,20-21H,11H2,1-3H3. The maximum Gasteiger partial charge on any atom is 0.337 e. The summed E-state index contributed by atoms with van der Waals surface area (Å²) < 4.78 is 6.79. The van der Waals surface area contributed by atoms with Crippen LogP contribution in [0.3, 0.4) is 0 Å². The molecule has 7 nitrogen and oxygen atoms in total. The first kappa shape index (κ1) is 19.5. The molecule has 2 fully saturated rings. The van der Waals surface area contributed by atoms with E-state index in [9.17, 15) is 14.4 Å². The number of aromatic nitrogens is 1. The van der Waals surface area contributed by atoms with Crippen LogP contribution in [0.15, 0.2) is 47.6 Å². The van der Waals surface area contributed by atoms with Gasteiger partial charge in [-0.2, -0.15) is 10.1 Å². The number of imide groups is 1. The van der Waals surface area contributed by atoms with Crippen LogP contribution in [0.1, 0.15) is 33.7 Å². The minimum atomic E-state index is -0.381. The van der Waals surface area contributed by atoms with Gasteiger partial charge in [0.25, 0.3) is 11.8 Å². The number of rotatable bonds is 4. The minimum Gasteiger partial charge on any atom is -0.465 e. The van der Waals surface area contributed by atoms with Crippen LogP contribution in [0.5, 0.6) is 0 Å². The molecule has 7 heteroatoms. The van der Waals surface area contributed by atoms with Crippen LogP contribution in [0.25, 0.3) is 5.69 Å². The Kier molecular flexibility index (Phi) is 4.43. The molecular weight excluding hydrogens is 394 g/mol. The predicted molar refractivity (Wildman–Crippen MR) is 114 cm³/mol. The zero-order valence-electron chi connectivity index (χ0n) is 17.6. The number of amides is 2. The summed E-state index contributed by atoms with van der Waals surface area (Å²) >= 11 is 0. The average molecular weight is 417 g/mol. The largest absolute Gasteiger partial charge is 0.465 e. The van der Waals surface area contributed by atoms with Crippen LogP contribution in [0, 0.1) is 37.5 Å². The van der Waals surface area contributed by atoms with Gasteiger partial charge in [0.1, 0.15) is 0 Å². The van der Waals surface area contributed by atoms with E-state index in [4.69, 9.17) is 4.74 Å². The second kappa shape index (κ2) is 7.04. The number of hydrogen-bond acceptors (Lipinski definition) is 5. The van der Waals surface area contributed by atoms with Crippen molar-refractivity contribution in [3.05, 3.63) is 65.0 Å². The zero-order chi connectivity index (χ0) is 21.9. The maximum absolute atomic E-state index is 12.8. The average Bonchev–Trinajstić information content (AvgIpc) is 3.51. The first-order valence-electron chi connectivity index (χ1n) is 10.4. The summed E-state index contributed by atoms with van der Waals surface area (Å²) in [7, 11) is 1.35. The molecular formula is C24H23N3O4. The lowest BCUT2D eigenvalue weighted by atomic mass is 9.85. The quantitative estimate of drug-likeness (QED) is 0.331. The first-order chi connectivity index (χ1) is 14.9. The van der Waals surface area contributed by atoms with E-state index < -0.39 is 0 Å². The Labute approximate surface area is 180 Å². The van der Waals surface area contributed by atoms with Crippen molar-refractivity contribution < 1.29 is 19.1 Å². The number of nitrogens with zero attached hydrogens (tertiary/aromatic N) is 3. The fourth-order valence-corrected chi connectivity index (χ4v) is 5.30. The molecule has 3 aliphatic rings. The molecule has 2 aromatic rings. The van der Waals surface area contributed by atoms with E-state index >= 15 is 0 Å². The van der Waals surface area contributed by atoms with E-state index in [1.165, 1.54) is 7.11 Å². The van der Waals surface area contributed by atoms with Crippen LogP contribution in [0.4, 0.5) is 0 Å². The molecule has 2 heterocycles. The van der Waals surface area contributed by atoms with Crippen molar-refractivity contribution in [1.82, 2.24) is 9.58 Å². The molecule has 0 N–H and O–H groups in total. The van der Waals surface area contributed by atoms with E-state index in [0.717, 1.165) is 34.1 Å². The van der Waals surface area contributed by atoms with Gasteiger partial charge in [-0.3, -0.25) is 9.59 Å². The number of ether oxygens (including phenoxy) is 1. The SMILES string of the molecule is COC(=O)c1ccc(-n2c(C)cc(C=NN3C(=O)C4C5C=CC(C5)C4C3=O)c2C)cc1. The van der Waals surface area contributed by atoms with Crippen LogP contribution in [-0.2, 0) is 14.3 Å². The molecule has 2 aliphatic carbocycles. The Morgan fingerprint density at radius 2 is 1.68 bits per heavy atom. The smallest absolute Gasteiger partial charge is 0.337 e. The van der Waals surface area contributed by atoms with Gasteiger partial charge in [0.2, 0.25) is 0 Å². The lowest BCUT2D eigenvalue weighted by molar-refractivity contribution is -0.140. The third kappa shape index (κ3) is 2.87. The van der Waals surface area contributed by atoms with Crippen LogP contribution < -0.4 is 0 Å². The second-order valence-corrected chi connectivity index (χ2v) is 8.43. The maximum atomic E-state index is 12.8. The van der Waals surface area contributed by atoms with Crippen LogP contribution in [0.2, 0.25) is 0 Å². The van der Waals surface area contributed by atoms with E-state index in [0.29, 0.717) is 5.56 Å². The van der Waals surface area contributed by atoms with E-state index in [1.807, 2.05) is 36.6 Å². The van der Waals surface area contributed by atoms with Gasteiger partial charge in [-0.05, 0) is 62.4 Å². The summed E-state index contributed by atoms with van der Waals surface area (Å²) in [4.78, 5) is 37.3. The molecule has 31 heavy (non-hydrogen) atoms. The molecule has 158 valence electrons. The van der Waals surface area contributed by atoms with Crippen molar-refractivity contribution in [2.45, 2.75) is 20.3 Å². The van der Waals surface area contributed by atoms with Crippen molar-refractivity contribution >= 4 is 24.0 Å². The summed E-state index contributed by atoms with van der Waals surface area (Å²) in [5.41, 5.74) is 4.10. The van der Waals surface area contributed by atoms with Gasteiger partial charge in [0.15, 0.2) is 0 Å². The van der Waals surface area contributed by atoms with Crippen molar-refractivity contribution in [1.29, 1.82) is 0 Å². The Morgan fingerprint density at radius 1 is 1.06 bits per heavy atom. The van der Waals surface area contributed by atoms with Crippen molar-refractivity contribution in [3.8, 4) is 5.69 Å². The number of esters is 1. The highest BCUT2D eigenvalue weighted by Crippen LogP contribution is 2.52. The van der Waals surface area contributed by atoms with Gasteiger partial charge in [0.05, 0.1) is 30.7 Å². The van der Waals surface area contributed by atoms with Gasteiger partial charge in [-0.15, -0.1) is 0 Å². The van der Waals surface area contributed by atoms with Crippen molar-refractivity contribution in [2.75, 3.05) is 7.11 Å². The molecule has 0 radical (unpaired) electrons. The van der Waals surface area contributed by atoms with Crippen LogP contribution >= 0.6 is 0 Å². The summed E-state index contributed by atoms with van der Waals surface area (Å²) in [6, 6.07) is 9.10. The van der Waals surface area contributed by atoms with E-state index in [-0.39, 0.29) is 41.5 Å². The Bertz CT molecular complexity index is 1130. The molecule has 0 spiro atoms. The fourth-order valence-electron chi connectivity index (χ4n) is 5.30. The molecule has 2 bridgehead atoms. The molecule has 5 rings (SSSR count). The number of fused-ring (bicyclic) bond motifs is 5. The van der Waals surface area contributed by atoms with Gasteiger partial charge in [0, 0.05) is 22.6 Å². The topological polar surface area (TPSA) is 81.0 Å². The molecule has 4 unspecified atom stereocenters. The molecule has 1 aliphatic heterocycles. The minimum absolute atomic E-state index is 0.171. The highest BCUT2D eigenvalue weighted by atomic mass is 16.5. The van der Waals surface area contributed by atoms with Crippen molar-refractivity contribution in [2.24, 2.45) is 28.8 Å². The van der Waals surface area contributed by atoms with Crippen molar-refractivity contribution in [3.63, 3.8) is 0 Å². The molecule has 1 aromatic carbocycles. The first-order valence-corrected chi connectivity index (χ1v) is 10.4. The lowest BCUT2D eigenvalue weighted by Crippen LogP contribution is -2.28. The highest BCUT2D eigenvalue weighted by Gasteiger charge is 2.59. The second-order valence-electron chi connectivity index (χ2n) is 8.43. The van der Waals surface area contributed by atoms with Crippen LogP contribution in [-0.4, -0.2) is 40.7 Å². The molecule has 1 saturated heterocycles. The number of aryl methyl sites for hydroxylation is 1.